The fourth-order valence-electron chi connectivity index (χ4n) is 2.37. The molecule has 1 saturated heterocycles. The summed E-state index contributed by atoms with van der Waals surface area (Å²) in [5.41, 5.74) is 2.86. The van der Waals surface area contributed by atoms with Gasteiger partial charge in [0, 0.05) is 12.5 Å². The highest BCUT2D eigenvalue weighted by Gasteiger charge is 2.26. The molecule has 1 heterocycles. The molecular formula is C13H19N. The Morgan fingerprint density at radius 3 is 2.57 bits per heavy atom. The summed E-state index contributed by atoms with van der Waals surface area (Å²) in [7, 11) is 0. The zero-order valence-corrected chi connectivity index (χ0v) is 9.09. The van der Waals surface area contributed by atoms with Crippen LogP contribution in [-0.2, 0) is 0 Å². The van der Waals surface area contributed by atoms with Gasteiger partial charge in [-0.3, -0.25) is 0 Å². The largest absolute Gasteiger partial charge is 0.316 e. The Balaban J connectivity index is 2.17. The molecule has 0 saturated carbocycles. The molecule has 0 radical (unpaired) electrons. The number of aryl methyl sites for hydroxylation is 1. The van der Waals surface area contributed by atoms with Crippen molar-refractivity contribution in [1.29, 1.82) is 0 Å². The number of benzene rings is 1. The minimum Gasteiger partial charge on any atom is -0.316 e. The van der Waals surface area contributed by atoms with Crippen molar-refractivity contribution < 1.29 is 0 Å². The summed E-state index contributed by atoms with van der Waals surface area (Å²) in [6, 6.07) is 9.02. The maximum atomic E-state index is 3.49. The molecule has 0 aromatic heterocycles. The number of nitrogens with one attached hydrogen (secondary N) is 1. The van der Waals surface area contributed by atoms with Gasteiger partial charge in [-0.2, -0.15) is 0 Å². The summed E-state index contributed by atoms with van der Waals surface area (Å²) in [4.78, 5) is 0. The topological polar surface area (TPSA) is 12.0 Å². The van der Waals surface area contributed by atoms with E-state index in [9.17, 15) is 0 Å². The second-order valence-electron chi connectivity index (χ2n) is 4.34. The fourth-order valence-corrected chi connectivity index (χ4v) is 2.37. The van der Waals surface area contributed by atoms with Gasteiger partial charge in [0.15, 0.2) is 0 Å². The summed E-state index contributed by atoms with van der Waals surface area (Å²) in [5, 5.41) is 3.49. The van der Waals surface area contributed by atoms with Crippen molar-refractivity contribution in [2.24, 2.45) is 5.92 Å². The van der Waals surface area contributed by atoms with E-state index in [2.05, 4.69) is 43.4 Å². The average Bonchev–Trinajstić information content (AvgIpc) is 2.67. The highest BCUT2D eigenvalue weighted by Crippen LogP contribution is 2.30. The first-order valence-electron chi connectivity index (χ1n) is 5.58. The molecule has 0 aliphatic carbocycles. The van der Waals surface area contributed by atoms with Crippen molar-refractivity contribution in [3.63, 3.8) is 0 Å². The highest BCUT2D eigenvalue weighted by atomic mass is 14.9. The van der Waals surface area contributed by atoms with Gasteiger partial charge in [0.2, 0.25) is 0 Å². The van der Waals surface area contributed by atoms with Gasteiger partial charge in [0.1, 0.15) is 0 Å². The van der Waals surface area contributed by atoms with E-state index < -0.39 is 0 Å². The fraction of sp³-hybridized carbons (Fsp3) is 0.538. The second kappa shape index (κ2) is 4.14. The van der Waals surface area contributed by atoms with Crippen LogP contribution in [0.3, 0.4) is 0 Å². The van der Waals surface area contributed by atoms with Crippen molar-refractivity contribution in [2.75, 3.05) is 13.1 Å². The summed E-state index contributed by atoms with van der Waals surface area (Å²) in [6.07, 6.45) is 1.28. The van der Waals surface area contributed by atoms with Gasteiger partial charge in [-0.25, -0.2) is 0 Å². The van der Waals surface area contributed by atoms with E-state index >= 15 is 0 Å². The molecule has 1 nitrogen and oxygen atoms in total. The lowest BCUT2D eigenvalue weighted by Crippen LogP contribution is -2.09. The Morgan fingerprint density at radius 2 is 1.93 bits per heavy atom. The van der Waals surface area contributed by atoms with Crippen molar-refractivity contribution in [2.45, 2.75) is 26.2 Å². The SMILES string of the molecule is CC[C@@H]1CNC[C@@H]1c1ccc(C)cc1. The molecule has 0 unspecified atom stereocenters. The summed E-state index contributed by atoms with van der Waals surface area (Å²) < 4.78 is 0. The first kappa shape index (κ1) is 9.72. The number of hydrogen-bond acceptors (Lipinski definition) is 1. The Kier molecular flexibility index (Phi) is 2.87. The van der Waals surface area contributed by atoms with Gasteiger partial charge in [0.05, 0.1) is 0 Å². The molecule has 1 aliphatic rings. The van der Waals surface area contributed by atoms with Gasteiger partial charge in [-0.1, -0.05) is 43.2 Å². The van der Waals surface area contributed by atoms with E-state index in [-0.39, 0.29) is 0 Å². The van der Waals surface area contributed by atoms with Crippen molar-refractivity contribution in [3.8, 4) is 0 Å². The van der Waals surface area contributed by atoms with Crippen molar-refractivity contribution in [3.05, 3.63) is 35.4 Å². The third kappa shape index (κ3) is 1.83. The smallest absolute Gasteiger partial charge is 0.00234 e. The van der Waals surface area contributed by atoms with Gasteiger partial charge >= 0.3 is 0 Å². The summed E-state index contributed by atoms with van der Waals surface area (Å²) in [6.45, 7) is 6.78. The molecule has 1 aromatic rings. The Bertz CT molecular complexity index is 289. The van der Waals surface area contributed by atoms with Crippen LogP contribution in [0.15, 0.2) is 24.3 Å². The Labute approximate surface area is 86.5 Å². The first-order chi connectivity index (χ1) is 6.81. The summed E-state index contributed by atoms with van der Waals surface area (Å²) >= 11 is 0. The zero-order chi connectivity index (χ0) is 9.97. The maximum Gasteiger partial charge on any atom is 0.00234 e. The highest BCUT2D eigenvalue weighted by molar-refractivity contribution is 5.26. The summed E-state index contributed by atoms with van der Waals surface area (Å²) in [5.74, 6) is 1.57. The molecule has 0 amide bonds. The number of hydrogen-bond donors (Lipinski definition) is 1. The van der Waals surface area contributed by atoms with Gasteiger partial charge in [0.25, 0.3) is 0 Å². The van der Waals surface area contributed by atoms with Crippen LogP contribution in [0.4, 0.5) is 0 Å². The predicted octanol–water partition coefficient (Wildman–Crippen LogP) is 2.71. The molecule has 1 N–H and O–H groups in total. The van der Waals surface area contributed by atoms with E-state index in [1.54, 1.807) is 0 Å². The Morgan fingerprint density at radius 1 is 1.21 bits per heavy atom. The van der Waals surface area contributed by atoms with E-state index in [1.807, 2.05) is 0 Å². The number of rotatable bonds is 2. The Hall–Kier alpha value is -0.820. The second-order valence-corrected chi connectivity index (χ2v) is 4.34. The normalized spacial score (nSPS) is 26.7. The molecule has 2 atom stereocenters. The van der Waals surface area contributed by atoms with Crippen LogP contribution in [0.2, 0.25) is 0 Å². The standard InChI is InChI=1S/C13H19N/c1-3-11-8-14-9-13(11)12-6-4-10(2)5-7-12/h4-7,11,13-14H,3,8-9H2,1-2H3/t11-,13+/m1/s1. The van der Waals surface area contributed by atoms with E-state index in [0.717, 1.165) is 18.4 Å². The van der Waals surface area contributed by atoms with Gasteiger partial charge < -0.3 is 5.32 Å². The lowest BCUT2D eigenvalue weighted by atomic mass is 9.87. The molecule has 1 heteroatoms. The molecule has 14 heavy (non-hydrogen) atoms. The minimum absolute atomic E-state index is 0.737. The molecule has 0 bridgehead atoms. The predicted molar refractivity (Wildman–Crippen MR) is 60.6 cm³/mol. The molecule has 1 fully saturated rings. The first-order valence-corrected chi connectivity index (χ1v) is 5.58. The molecule has 2 rings (SSSR count). The van der Waals surface area contributed by atoms with Crippen LogP contribution in [0.5, 0.6) is 0 Å². The third-order valence-corrected chi connectivity index (χ3v) is 3.37. The minimum atomic E-state index is 0.737. The van der Waals surface area contributed by atoms with Crippen LogP contribution in [0, 0.1) is 12.8 Å². The van der Waals surface area contributed by atoms with E-state index in [1.165, 1.54) is 24.1 Å². The van der Waals surface area contributed by atoms with Crippen molar-refractivity contribution >= 4 is 0 Å². The van der Waals surface area contributed by atoms with Crippen LogP contribution in [0.25, 0.3) is 0 Å². The lowest BCUT2D eigenvalue weighted by molar-refractivity contribution is 0.503. The van der Waals surface area contributed by atoms with Crippen molar-refractivity contribution in [1.82, 2.24) is 5.32 Å². The van der Waals surface area contributed by atoms with E-state index in [0.29, 0.717) is 0 Å². The molecular weight excluding hydrogens is 170 g/mol. The van der Waals surface area contributed by atoms with Gasteiger partial charge in [-0.15, -0.1) is 0 Å². The van der Waals surface area contributed by atoms with Crippen LogP contribution in [-0.4, -0.2) is 13.1 Å². The quantitative estimate of drug-likeness (QED) is 0.754. The average molecular weight is 189 g/mol. The lowest BCUT2D eigenvalue weighted by Gasteiger charge is -2.17. The molecule has 0 spiro atoms. The van der Waals surface area contributed by atoms with Crippen LogP contribution >= 0.6 is 0 Å². The van der Waals surface area contributed by atoms with Crippen LogP contribution in [0.1, 0.15) is 30.4 Å². The maximum absolute atomic E-state index is 3.49. The van der Waals surface area contributed by atoms with Crippen LogP contribution < -0.4 is 5.32 Å². The zero-order valence-electron chi connectivity index (χ0n) is 9.09. The molecule has 1 aromatic carbocycles. The monoisotopic (exact) mass is 189 g/mol. The molecule has 1 aliphatic heterocycles. The third-order valence-electron chi connectivity index (χ3n) is 3.37. The van der Waals surface area contributed by atoms with E-state index in [4.69, 9.17) is 0 Å². The molecule has 76 valence electrons. The van der Waals surface area contributed by atoms with Gasteiger partial charge in [-0.05, 0) is 24.9 Å².